The lowest BCUT2D eigenvalue weighted by Crippen LogP contribution is -2.44. The maximum absolute atomic E-state index is 12.7. The molecule has 2 rings (SSSR count). The minimum Gasteiger partial charge on any atom is -0.338 e. The summed E-state index contributed by atoms with van der Waals surface area (Å²) in [5, 5.41) is 9.34. The van der Waals surface area contributed by atoms with E-state index in [2.05, 4.69) is 28.7 Å². The number of fused-ring (bicyclic) bond motifs is 1. The van der Waals surface area contributed by atoms with E-state index in [0.717, 1.165) is 29.4 Å². The molecule has 0 N–H and O–H groups in total. The molecule has 1 aliphatic heterocycles. The van der Waals surface area contributed by atoms with Gasteiger partial charge in [0.25, 0.3) is 5.91 Å². The Bertz CT molecular complexity index is 486. The minimum absolute atomic E-state index is 0.0647. The highest BCUT2D eigenvalue weighted by Gasteiger charge is 2.35. The van der Waals surface area contributed by atoms with Crippen molar-refractivity contribution in [2.24, 2.45) is 17.3 Å². The number of carbonyl (C=O) groups is 1. The van der Waals surface area contributed by atoms with Crippen molar-refractivity contribution in [1.29, 1.82) is 5.26 Å². The van der Waals surface area contributed by atoms with Gasteiger partial charge in [0, 0.05) is 17.0 Å². The lowest BCUT2D eigenvalue weighted by atomic mass is 9.82. The van der Waals surface area contributed by atoms with Crippen LogP contribution in [0.5, 0.6) is 0 Å². The molecule has 0 radical (unpaired) electrons. The van der Waals surface area contributed by atoms with Gasteiger partial charge in [-0.25, -0.2) is 0 Å². The van der Waals surface area contributed by atoms with Crippen LogP contribution in [0.2, 0.25) is 0 Å². The van der Waals surface area contributed by atoms with E-state index in [-0.39, 0.29) is 11.3 Å². The zero-order chi connectivity index (χ0) is 16.3. The molecule has 1 aliphatic carbocycles. The van der Waals surface area contributed by atoms with Gasteiger partial charge in [0.05, 0.1) is 0 Å². The van der Waals surface area contributed by atoms with Gasteiger partial charge in [-0.05, 0) is 36.5 Å². The van der Waals surface area contributed by atoms with Crippen molar-refractivity contribution < 1.29 is 4.79 Å². The zero-order valence-corrected chi connectivity index (χ0v) is 16.1. The number of rotatable bonds is 1. The third-order valence-electron chi connectivity index (χ3n) is 4.76. The van der Waals surface area contributed by atoms with Gasteiger partial charge in [-0.3, -0.25) is 4.79 Å². The predicted molar refractivity (Wildman–Crippen MR) is 97.6 cm³/mol. The summed E-state index contributed by atoms with van der Waals surface area (Å²) in [6.07, 6.45) is 8.10. The number of amides is 1. The molecule has 0 spiro atoms. The van der Waals surface area contributed by atoms with Crippen molar-refractivity contribution in [2.75, 3.05) is 13.1 Å². The number of alkyl halides is 1. The molecule has 2 aliphatic rings. The first-order valence-corrected chi connectivity index (χ1v) is 9.61. The largest absolute Gasteiger partial charge is 0.338 e. The third-order valence-corrected chi connectivity index (χ3v) is 5.89. The Morgan fingerprint density at radius 3 is 2.64 bits per heavy atom. The predicted octanol–water partition coefficient (Wildman–Crippen LogP) is 4.32. The molecule has 0 aromatic heterocycles. The molecule has 2 fully saturated rings. The van der Waals surface area contributed by atoms with Gasteiger partial charge in [0.2, 0.25) is 0 Å². The van der Waals surface area contributed by atoms with Crippen LogP contribution in [-0.2, 0) is 4.79 Å². The lowest BCUT2D eigenvalue weighted by Gasteiger charge is -2.38. The van der Waals surface area contributed by atoms with Crippen LogP contribution in [0.25, 0.3) is 0 Å². The topological polar surface area (TPSA) is 44.1 Å². The van der Waals surface area contributed by atoms with E-state index in [1.54, 1.807) is 0 Å². The quantitative estimate of drug-likeness (QED) is 0.278. The number of piperidine rings is 1. The summed E-state index contributed by atoms with van der Waals surface area (Å²) in [5.74, 6) is 1.34. The fourth-order valence-corrected chi connectivity index (χ4v) is 4.80. The maximum atomic E-state index is 12.7. The average Bonchev–Trinajstić information content (AvgIpc) is 2.62. The molecule has 1 heterocycles. The number of nitriles is 1. The standard InChI is InChI=1S/C18H27IN2O/c1-18(2,3)10-15(11-20)17(22)21-8-7-13-5-4-6-16(19)9-14(13)12-21/h10,13-14,16H,4-9,12H2,1-3H3/b15-10+. The van der Waals surface area contributed by atoms with Crippen LogP contribution in [-0.4, -0.2) is 27.8 Å². The molecule has 1 saturated carbocycles. The first kappa shape index (κ1) is 17.8. The Hall–Kier alpha value is -0.570. The first-order valence-electron chi connectivity index (χ1n) is 8.36. The van der Waals surface area contributed by atoms with Crippen molar-refractivity contribution in [3.8, 4) is 6.07 Å². The molecule has 122 valence electrons. The number of hydrogen-bond acceptors (Lipinski definition) is 2. The number of likely N-dealkylation sites (tertiary alicyclic amines) is 1. The Balaban J connectivity index is 2.09. The monoisotopic (exact) mass is 414 g/mol. The van der Waals surface area contributed by atoms with Crippen LogP contribution in [0, 0.1) is 28.6 Å². The Labute approximate surface area is 148 Å². The van der Waals surface area contributed by atoms with Crippen LogP contribution in [0.4, 0.5) is 0 Å². The Morgan fingerprint density at radius 1 is 1.27 bits per heavy atom. The molecule has 22 heavy (non-hydrogen) atoms. The fourth-order valence-electron chi connectivity index (χ4n) is 3.71. The van der Waals surface area contributed by atoms with E-state index >= 15 is 0 Å². The van der Waals surface area contributed by atoms with Gasteiger partial charge >= 0.3 is 0 Å². The highest BCUT2D eigenvalue weighted by Crippen LogP contribution is 2.37. The molecule has 1 saturated heterocycles. The van der Waals surface area contributed by atoms with Crippen LogP contribution in [0.3, 0.4) is 0 Å². The van der Waals surface area contributed by atoms with E-state index in [9.17, 15) is 10.1 Å². The smallest absolute Gasteiger partial charge is 0.264 e. The summed E-state index contributed by atoms with van der Waals surface area (Å²) in [6.45, 7) is 7.72. The number of halogens is 1. The molecule has 3 atom stereocenters. The van der Waals surface area contributed by atoms with Crippen molar-refractivity contribution in [1.82, 2.24) is 4.90 Å². The van der Waals surface area contributed by atoms with E-state index in [1.807, 2.05) is 31.7 Å². The van der Waals surface area contributed by atoms with Crippen molar-refractivity contribution in [2.45, 2.75) is 56.8 Å². The third kappa shape index (κ3) is 4.71. The highest BCUT2D eigenvalue weighted by molar-refractivity contribution is 14.1. The molecule has 1 amide bonds. The van der Waals surface area contributed by atoms with Gasteiger partial charge in [0.15, 0.2) is 0 Å². The molecular weight excluding hydrogens is 387 g/mol. The molecule has 3 unspecified atom stereocenters. The highest BCUT2D eigenvalue weighted by atomic mass is 127. The zero-order valence-electron chi connectivity index (χ0n) is 13.9. The summed E-state index contributed by atoms with van der Waals surface area (Å²) in [4.78, 5) is 14.6. The number of hydrogen-bond donors (Lipinski definition) is 0. The van der Waals surface area contributed by atoms with Gasteiger partial charge in [0.1, 0.15) is 11.6 Å². The van der Waals surface area contributed by atoms with E-state index < -0.39 is 0 Å². The number of allylic oxidation sites excluding steroid dienone is 1. The van der Waals surface area contributed by atoms with Crippen molar-refractivity contribution in [3.63, 3.8) is 0 Å². The molecular formula is C18H27IN2O. The van der Waals surface area contributed by atoms with E-state index in [1.165, 1.54) is 25.7 Å². The molecule has 0 aromatic carbocycles. The molecule has 0 aromatic rings. The summed E-state index contributed by atoms with van der Waals surface area (Å²) < 4.78 is 0.739. The van der Waals surface area contributed by atoms with Gasteiger partial charge in [-0.2, -0.15) is 5.26 Å². The van der Waals surface area contributed by atoms with Crippen LogP contribution >= 0.6 is 22.6 Å². The van der Waals surface area contributed by atoms with Crippen molar-refractivity contribution in [3.05, 3.63) is 11.6 Å². The fraction of sp³-hybridized carbons (Fsp3) is 0.778. The molecule has 4 heteroatoms. The second-order valence-electron chi connectivity index (χ2n) is 7.86. The van der Waals surface area contributed by atoms with Gasteiger partial charge < -0.3 is 4.90 Å². The Kier molecular flexibility index (Phi) is 5.93. The lowest BCUT2D eigenvalue weighted by molar-refractivity contribution is -0.129. The summed E-state index contributed by atoms with van der Waals surface area (Å²) in [7, 11) is 0. The summed E-state index contributed by atoms with van der Waals surface area (Å²) in [5.41, 5.74) is 0.167. The first-order chi connectivity index (χ1) is 10.3. The summed E-state index contributed by atoms with van der Waals surface area (Å²) in [6, 6.07) is 2.12. The Morgan fingerprint density at radius 2 is 2.00 bits per heavy atom. The van der Waals surface area contributed by atoms with Crippen LogP contribution in [0.15, 0.2) is 11.6 Å². The van der Waals surface area contributed by atoms with E-state index in [0.29, 0.717) is 11.5 Å². The minimum atomic E-state index is -0.144. The maximum Gasteiger partial charge on any atom is 0.264 e. The van der Waals surface area contributed by atoms with Gasteiger partial charge in [-0.15, -0.1) is 0 Å². The normalized spacial score (nSPS) is 30.2. The second-order valence-corrected chi connectivity index (χ2v) is 9.62. The van der Waals surface area contributed by atoms with Crippen LogP contribution < -0.4 is 0 Å². The van der Waals surface area contributed by atoms with Gasteiger partial charge in [-0.1, -0.05) is 62.3 Å². The summed E-state index contributed by atoms with van der Waals surface area (Å²) >= 11 is 2.57. The van der Waals surface area contributed by atoms with E-state index in [4.69, 9.17) is 0 Å². The SMILES string of the molecule is CC(C)(C)/C=C(\C#N)C(=O)N1CCC2CCCC(I)CC2C1. The van der Waals surface area contributed by atoms with Crippen molar-refractivity contribution >= 4 is 28.5 Å². The molecule has 0 bridgehead atoms. The van der Waals surface area contributed by atoms with Crippen LogP contribution in [0.1, 0.15) is 52.9 Å². The molecule has 3 nitrogen and oxygen atoms in total. The number of nitrogens with zero attached hydrogens (tertiary/aromatic N) is 2. The number of carbonyl (C=O) groups excluding carboxylic acids is 1. The average molecular weight is 414 g/mol. The second kappa shape index (κ2) is 7.33.